The van der Waals surface area contributed by atoms with Crippen molar-refractivity contribution in [2.24, 2.45) is 11.7 Å². The van der Waals surface area contributed by atoms with E-state index in [1.807, 2.05) is 6.92 Å². The van der Waals surface area contributed by atoms with Crippen LogP contribution >= 0.6 is 0 Å². The summed E-state index contributed by atoms with van der Waals surface area (Å²) in [5.74, 6) is -0.0963. The predicted octanol–water partition coefficient (Wildman–Crippen LogP) is 2.06. The molecule has 1 fully saturated rings. The third kappa shape index (κ3) is 3.02. The lowest BCUT2D eigenvalue weighted by Gasteiger charge is -2.18. The van der Waals surface area contributed by atoms with Gasteiger partial charge in [0.1, 0.15) is 5.82 Å². The molecule has 0 aromatic heterocycles. The van der Waals surface area contributed by atoms with Gasteiger partial charge in [0.15, 0.2) is 0 Å². The highest BCUT2D eigenvalue weighted by Gasteiger charge is 2.28. The van der Waals surface area contributed by atoms with Crippen LogP contribution in [0, 0.1) is 18.7 Å². The summed E-state index contributed by atoms with van der Waals surface area (Å²) >= 11 is 0. The molecule has 1 aromatic carbocycles. The zero-order valence-electron chi connectivity index (χ0n) is 11.8. The molecule has 1 saturated carbocycles. The molecular weight excluding hydrogens is 279 g/mol. The molecule has 20 heavy (non-hydrogen) atoms. The van der Waals surface area contributed by atoms with Gasteiger partial charge in [0.25, 0.3) is 0 Å². The van der Waals surface area contributed by atoms with Gasteiger partial charge in [-0.15, -0.1) is 0 Å². The maximum absolute atomic E-state index is 13.7. The number of halogens is 1. The van der Waals surface area contributed by atoms with Crippen molar-refractivity contribution in [3.8, 4) is 0 Å². The Hall–Kier alpha value is -0.980. The van der Waals surface area contributed by atoms with E-state index >= 15 is 0 Å². The lowest BCUT2D eigenvalue weighted by Crippen LogP contribution is -2.36. The minimum absolute atomic E-state index is 0.0180. The minimum atomic E-state index is -3.62. The molecule has 0 heterocycles. The fraction of sp³-hybridized carbons (Fsp3) is 0.571. The van der Waals surface area contributed by atoms with E-state index in [0.29, 0.717) is 11.5 Å². The SMILES string of the molecule is Cc1cc(S(=O)(=O)NC2CCCC2C)cc(CN)c1F. The number of hydrogen-bond donors (Lipinski definition) is 2. The van der Waals surface area contributed by atoms with Crippen LogP contribution in [-0.2, 0) is 16.6 Å². The van der Waals surface area contributed by atoms with Crippen molar-refractivity contribution in [3.05, 3.63) is 29.1 Å². The Balaban J connectivity index is 2.32. The third-order valence-electron chi connectivity index (χ3n) is 4.00. The zero-order chi connectivity index (χ0) is 14.9. The standard InChI is InChI=1S/C14H21FN2O2S/c1-9-4-3-5-13(9)17-20(18,19)12-6-10(2)14(15)11(7-12)8-16/h6-7,9,13,17H,3-5,8,16H2,1-2H3. The van der Waals surface area contributed by atoms with Crippen LogP contribution in [0.4, 0.5) is 4.39 Å². The summed E-state index contributed by atoms with van der Waals surface area (Å²) in [4.78, 5) is 0.0935. The highest BCUT2D eigenvalue weighted by molar-refractivity contribution is 7.89. The van der Waals surface area contributed by atoms with Gasteiger partial charge in [0, 0.05) is 18.2 Å². The zero-order valence-corrected chi connectivity index (χ0v) is 12.6. The smallest absolute Gasteiger partial charge is 0.240 e. The van der Waals surface area contributed by atoms with Gasteiger partial charge in [-0.05, 0) is 43.4 Å². The summed E-state index contributed by atoms with van der Waals surface area (Å²) in [7, 11) is -3.62. The average molecular weight is 300 g/mol. The molecule has 0 aliphatic heterocycles. The van der Waals surface area contributed by atoms with Gasteiger partial charge < -0.3 is 5.73 Å². The Morgan fingerprint density at radius 2 is 2.10 bits per heavy atom. The van der Waals surface area contributed by atoms with Crippen LogP contribution < -0.4 is 10.5 Å². The number of sulfonamides is 1. The van der Waals surface area contributed by atoms with Crippen LogP contribution in [0.2, 0.25) is 0 Å². The summed E-state index contributed by atoms with van der Waals surface area (Å²) in [5.41, 5.74) is 5.99. The number of aryl methyl sites for hydroxylation is 1. The first-order valence-electron chi connectivity index (χ1n) is 6.86. The van der Waals surface area contributed by atoms with Crippen LogP contribution in [0.15, 0.2) is 17.0 Å². The first-order chi connectivity index (χ1) is 9.35. The Labute approximate surface area is 119 Å². The molecule has 2 rings (SSSR count). The number of nitrogens with one attached hydrogen (secondary N) is 1. The molecule has 0 bridgehead atoms. The van der Waals surface area contributed by atoms with E-state index in [2.05, 4.69) is 4.72 Å². The van der Waals surface area contributed by atoms with E-state index in [-0.39, 0.29) is 23.0 Å². The van der Waals surface area contributed by atoms with Gasteiger partial charge >= 0.3 is 0 Å². The maximum atomic E-state index is 13.7. The van der Waals surface area contributed by atoms with E-state index in [4.69, 9.17) is 5.73 Å². The molecule has 2 unspecified atom stereocenters. The maximum Gasteiger partial charge on any atom is 0.240 e. The highest BCUT2D eigenvalue weighted by Crippen LogP contribution is 2.27. The molecule has 0 radical (unpaired) electrons. The molecule has 2 atom stereocenters. The fourth-order valence-corrected chi connectivity index (χ4v) is 4.21. The molecule has 4 nitrogen and oxygen atoms in total. The largest absolute Gasteiger partial charge is 0.326 e. The molecule has 112 valence electrons. The second-order valence-electron chi connectivity index (χ2n) is 5.55. The predicted molar refractivity (Wildman–Crippen MR) is 76.2 cm³/mol. The van der Waals surface area contributed by atoms with Crippen molar-refractivity contribution in [1.29, 1.82) is 0 Å². The van der Waals surface area contributed by atoms with Crippen LogP contribution in [0.1, 0.15) is 37.3 Å². The summed E-state index contributed by atoms with van der Waals surface area (Å²) in [6.07, 6.45) is 2.92. The summed E-state index contributed by atoms with van der Waals surface area (Å²) in [6.45, 7) is 3.57. The lowest BCUT2D eigenvalue weighted by molar-refractivity contribution is 0.476. The van der Waals surface area contributed by atoms with E-state index in [9.17, 15) is 12.8 Å². The van der Waals surface area contributed by atoms with Crippen LogP contribution in [-0.4, -0.2) is 14.5 Å². The lowest BCUT2D eigenvalue weighted by atomic mass is 10.1. The average Bonchev–Trinajstić information content (AvgIpc) is 2.77. The van der Waals surface area contributed by atoms with Crippen molar-refractivity contribution < 1.29 is 12.8 Å². The summed E-state index contributed by atoms with van der Waals surface area (Å²) < 4.78 is 41.3. The van der Waals surface area contributed by atoms with Gasteiger partial charge in [0.2, 0.25) is 10.0 Å². The van der Waals surface area contributed by atoms with E-state index in [0.717, 1.165) is 19.3 Å². The molecule has 6 heteroatoms. The van der Waals surface area contributed by atoms with E-state index in [1.54, 1.807) is 6.92 Å². The fourth-order valence-electron chi connectivity index (χ4n) is 2.70. The third-order valence-corrected chi connectivity index (χ3v) is 5.47. The number of hydrogen-bond acceptors (Lipinski definition) is 3. The summed E-state index contributed by atoms with van der Waals surface area (Å²) in [6, 6.07) is 2.65. The molecule has 1 aromatic rings. The second-order valence-corrected chi connectivity index (χ2v) is 7.27. The van der Waals surface area contributed by atoms with Crippen LogP contribution in [0.25, 0.3) is 0 Å². The van der Waals surface area contributed by atoms with Crippen LogP contribution in [0.3, 0.4) is 0 Å². The molecule has 3 N–H and O–H groups in total. The number of rotatable bonds is 4. The monoisotopic (exact) mass is 300 g/mol. The van der Waals surface area contributed by atoms with Crippen molar-refractivity contribution in [1.82, 2.24) is 4.72 Å². The molecule has 1 aliphatic rings. The highest BCUT2D eigenvalue weighted by atomic mass is 32.2. The Morgan fingerprint density at radius 3 is 2.65 bits per heavy atom. The first kappa shape index (κ1) is 15.4. The molecule has 0 saturated heterocycles. The molecular formula is C14H21FN2O2S. The quantitative estimate of drug-likeness (QED) is 0.894. The molecule has 0 spiro atoms. The Bertz CT molecular complexity index is 601. The van der Waals surface area contributed by atoms with Gasteiger partial charge in [-0.25, -0.2) is 17.5 Å². The van der Waals surface area contributed by atoms with Gasteiger partial charge in [-0.2, -0.15) is 0 Å². The molecule has 1 aliphatic carbocycles. The minimum Gasteiger partial charge on any atom is -0.326 e. The number of benzene rings is 1. The Morgan fingerprint density at radius 1 is 1.40 bits per heavy atom. The topological polar surface area (TPSA) is 72.2 Å². The van der Waals surface area contributed by atoms with Crippen molar-refractivity contribution in [3.63, 3.8) is 0 Å². The van der Waals surface area contributed by atoms with E-state index < -0.39 is 15.8 Å². The summed E-state index contributed by atoms with van der Waals surface area (Å²) in [5, 5.41) is 0. The molecule has 0 amide bonds. The van der Waals surface area contributed by atoms with Gasteiger partial charge in [0.05, 0.1) is 4.90 Å². The first-order valence-corrected chi connectivity index (χ1v) is 8.35. The van der Waals surface area contributed by atoms with Crippen molar-refractivity contribution in [2.45, 2.75) is 50.6 Å². The second kappa shape index (κ2) is 5.79. The normalized spacial score (nSPS) is 23.2. The van der Waals surface area contributed by atoms with Crippen LogP contribution in [0.5, 0.6) is 0 Å². The van der Waals surface area contributed by atoms with Gasteiger partial charge in [-0.3, -0.25) is 0 Å². The Kier molecular flexibility index (Phi) is 4.46. The number of nitrogens with two attached hydrogens (primary N) is 1. The van der Waals surface area contributed by atoms with Crippen molar-refractivity contribution in [2.75, 3.05) is 0 Å². The van der Waals surface area contributed by atoms with Gasteiger partial charge in [-0.1, -0.05) is 13.3 Å². The van der Waals surface area contributed by atoms with Crippen molar-refractivity contribution >= 4 is 10.0 Å². The van der Waals surface area contributed by atoms with E-state index in [1.165, 1.54) is 12.1 Å².